The van der Waals surface area contributed by atoms with Crippen molar-refractivity contribution >= 4 is 46.4 Å². The number of amides is 2. The lowest BCUT2D eigenvalue weighted by Gasteiger charge is -2.28. The second-order valence-electron chi connectivity index (χ2n) is 6.34. The van der Waals surface area contributed by atoms with Crippen LogP contribution in [0.25, 0.3) is 6.08 Å². The normalized spacial score (nSPS) is 21.7. The van der Waals surface area contributed by atoms with Gasteiger partial charge in [0.2, 0.25) is 0 Å². The standard InChI is InChI=1S/C18H19ClN2O4S/c19-13-3-1-12(2-4-13)9-16-17(24)21(18(25)26-16)11-15(23)10-20-7-5-14(22)6-8-20/h1-4,9,15,23H,5-8,10-11H2/b16-9+. The van der Waals surface area contributed by atoms with E-state index in [-0.39, 0.29) is 17.6 Å². The Bertz CT molecular complexity index is 740. The molecule has 0 aliphatic carbocycles. The van der Waals surface area contributed by atoms with Gasteiger partial charge in [0.05, 0.1) is 17.6 Å². The number of nitrogens with zero attached hydrogens (tertiary/aromatic N) is 2. The van der Waals surface area contributed by atoms with E-state index < -0.39 is 12.0 Å². The van der Waals surface area contributed by atoms with Crippen molar-refractivity contribution in [2.75, 3.05) is 26.2 Å². The number of hydrogen-bond donors (Lipinski definition) is 1. The van der Waals surface area contributed by atoms with E-state index in [0.29, 0.717) is 42.4 Å². The summed E-state index contributed by atoms with van der Waals surface area (Å²) in [6.07, 6.45) is 1.77. The average Bonchev–Trinajstić information content (AvgIpc) is 2.86. The number of carbonyl (C=O) groups is 3. The Balaban J connectivity index is 1.60. The molecular weight excluding hydrogens is 376 g/mol. The zero-order valence-corrected chi connectivity index (χ0v) is 15.6. The smallest absolute Gasteiger partial charge is 0.293 e. The second kappa shape index (κ2) is 8.35. The van der Waals surface area contributed by atoms with Gasteiger partial charge in [-0.25, -0.2) is 0 Å². The maximum Gasteiger partial charge on any atom is 0.293 e. The van der Waals surface area contributed by atoms with Crippen molar-refractivity contribution < 1.29 is 19.5 Å². The molecule has 0 aromatic heterocycles. The number of rotatable bonds is 5. The number of halogens is 1. The number of aliphatic hydroxyl groups excluding tert-OH is 1. The summed E-state index contributed by atoms with van der Waals surface area (Å²) >= 11 is 6.71. The quantitative estimate of drug-likeness (QED) is 0.773. The third kappa shape index (κ3) is 4.73. The van der Waals surface area contributed by atoms with Gasteiger partial charge in [-0.3, -0.25) is 24.2 Å². The number of imide groups is 1. The maximum atomic E-state index is 12.5. The predicted octanol–water partition coefficient (Wildman–Crippen LogP) is 2.40. The summed E-state index contributed by atoms with van der Waals surface area (Å²) in [5, 5.41) is 10.5. The van der Waals surface area contributed by atoms with Crippen LogP contribution in [0.15, 0.2) is 29.2 Å². The highest BCUT2D eigenvalue weighted by atomic mass is 35.5. The number of likely N-dealkylation sites (tertiary alicyclic amines) is 1. The van der Waals surface area contributed by atoms with Crippen molar-refractivity contribution in [1.29, 1.82) is 0 Å². The molecule has 0 spiro atoms. The first-order valence-electron chi connectivity index (χ1n) is 8.35. The van der Waals surface area contributed by atoms with Gasteiger partial charge >= 0.3 is 0 Å². The first-order valence-corrected chi connectivity index (χ1v) is 9.55. The molecule has 1 unspecified atom stereocenters. The molecule has 1 aromatic carbocycles. The zero-order valence-electron chi connectivity index (χ0n) is 14.1. The summed E-state index contributed by atoms with van der Waals surface area (Å²) in [4.78, 5) is 39.3. The van der Waals surface area contributed by atoms with Crippen LogP contribution in [0.3, 0.4) is 0 Å². The van der Waals surface area contributed by atoms with Gasteiger partial charge in [-0.2, -0.15) is 0 Å². The molecule has 2 aliphatic heterocycles. The third-order valence-corrected chi connectivity index (χ3v) is 5.48. The van der Waals surface area contributed by atoms with Crippen molar-refractivity contribution in [3.05, 3.63) is 39.8 Å². The van der Waals surface area contributed by atoms with Crippen molar-refractivity contribution in [3.63, 3.8) is 0 Å². The molecule has 2 saturated heterocycles. The molecule has 8 heteroatoms. The van der Waals surface area contributed by atoms with Crippen LogP contribution in [-0.4, -0.2) is 64.1 Å². The lowest BCUT2D eigenvalue weighted by Crippen LogP contribution is -2.44. The highest BCUT2D eigenvalue weighted by Gasteiger charge is 2.36. The number of carbonyl (C=O) groups excluding carboxylic acids is 3. The molecular formula is C18H19ClN2O4S. The summed E-state index contributed by atoms with van der Waals surface area (Å²) in [6.45, 7) is 1.50. The van der Waals surface area contributed by atoms with E-state index >= 15 is 0 Å². The number of ketones is 1. The molecule has 2 fully saturated rings. The van der Waals surface area contributed by atoms with Gasteiger partial charge in [0, 0.05) is 37.5 Å². The number of piperidine rings is 1. The Hall–Kier alpha value is -1.67. The van der Waals surface area contributed by atoms with E-state index in [1.807, 2.05) is 4.90 Å². The number of Topliss-reactive ketones (excluding diaryl/α,β-unsaturated/α-hetero) is 1. The summed E-state index contributed by atoms with van der Waals surface area (Å²) in [5.74, 6) is -0.170. The zero-order chi connectivity index (χ0) is 18.7. The van der Waals surface area contributed by atoms with Crippen molar-refractivity contribution in [1.82, 2.24) is 9.80 Å². The minimum atomic E-state index is -0.841. The van der Waals surface area contributed by atoms with Crippen molar-refractivity contribution in [2.45, 2.75) is 18.9 Å². The lowest BCUT2D eigenvalue weighted by atomic mass is 10.1. The minimum Gasteiger partial charge on any atom is -0.390 e. The van der Waals surface area contributed by atoms with Gasteiger partial charge in [-0.05, 0) is 35.5 Å². The molecule has 1 atom stereocenters. The van der Waals surface area contributed by atoms with E-state index in [2.05, 4.69) is 0 Å². The van der Waals surface area contributed by atoms with Crippen LogP contribution in [0.1, 0.15) is 18.4 Å². The fraction of sp³-hybridized carbons (Fsp3) is 0.389. The molecule has 0 radical (unpaired) electrons. The van der Waals surface area contributed by atoms with Gasteiger partial charge in [0.1, 0.15) is 5.78 Å². The molecule has 0 bridgehead atoms. The Morgan fingerprint density at radius 2 is 1.77 bits per heavy atom. The monoisotopic (exact) mass is 394 g/mol. The average molecular weight is 395 g/mol. The molecule has 2 amide bonds. The van der Waals surface area contributed by atoms with Crippen LogP contribution < -0.4 is 0 Å². The highest BCUT2D eigenvalue weighted by Crippen LogP contribution is 2.32. The Morgan fingerprint density at radius 1 is 1.12 bits per heavy atom. The maximum absolute atomic E-state index is 12.5. The van der Waals surface area contributed by atoms with Crippen molar-refractivity contribution in [2.24, 2.45) is 0 Å². The first kappa shape index (κ1) is 19.1. The van der Waals surface area contributed by atoms with Gasteiger partial charge < -0.3 is 5.11 Å². The van der Waals surface area contributed by atoms with Gasteiger partial charge in [-0.1, -0.05) is 23.7 Å². The van der Waals surface area contributed by atoms with Crippen LogP contribution in [0.2, 0.25) is 5.02 Å². The van der Waals surface area contributed by atoms with E-state index in [0.717, 1.165) is 22.2 Å². The summed E-state index contributed by atoms with van der Waals surface area (Å²) in [6, 6.07) is 6.96. The topological polar surface area (TPSA) is 77.9 Å². The predicted molar refractivity (Wildman–Crippen MR) is 101 cm³/mol. The molecule has 3 rings (SSSR count). The molecule has 0 saturated carbocycles. The summed E-state index contributed by atoms with van der Waals surface area (Å²) in [7, 11) is 0. The molecule has 138 valence electrons. The number of aliphatic hydroxyl groups is 1. The molecule has 2 aliphatic rings. The van der Waals surface area contributed by atoms with Crippen LogP contribution in [0, 0.1) is 0 Å². The van der Waals surface area contributed by atoms with Gasteiger partial charge in [0.15, 0.2) is 0 Å². The van der Waals surface area contributed by atoms with Crippen LogP contribution in [-0.2, 0) is 9.59 Å². The number of β-amino-alcohol motifs (C(OH)–C–C–N with tert-alkyl or cyclic N) is 1. The molecule has 26 heavy (non-hydrogen) atoms. The molecule has 1 aromatic rings. The van der Waals surface area contributed by atoms with Gasteiger partial charge in [-0.15, -0.1) is 0 Å². The fourth-order valence-electron chi connectivity index (χ4n) is 2.92. The first-order chi connectivity index (χ1) is 12.4. The summed E-state index contributed by atoms with van der Waals surface area (Å²) in [5.41, 5.74) is 0.776. The molecule has 1 N–H and O–H groups in total. The Morgan fingerprint density at radius 3 is 2.42 bits per heavy atom. The van der Waals surface area contributed by atoms with E-state index in [4.69, 9.17) is 11.6 Å². The van der Waals surface area contributed by atoms with Crippen molar-refractivity contribution in [3.8, 4) is 0 Å². The van der Waals surface area contributed by atoms with E-state index in [1.54, 1.807) is 30.3 Å². The van der Waals surface area contributed by atoms with Crippen LogP contribution in [0.4, 0.5) is 4.79 Å². The van der Waals surface area contributed by atoms with E-state index in [1.165, 1.54) is 0 Å². The highest BCUT2D eigenvalue weighted by molar-refractivity contribution is 8.18. The number of thioether (sulfide) groups is 1. The minimum absolute atomic E-state index is 0.0485. The SMILES string of the molecule is O=C1CCN(CC(O)CN2C(=O)S/C(=C/c3ccc(Cl)cc3)C2=O)CC1. The molecule has 6 nitrogen and oxygen atoms in total. The van der Waals surface area contributed by atoms with Crippen LogP contribution in [0.5, 0.6) is 0 Å². The fourth-order valence-corrected chi connectivity index (χ4v) is 3.89. The van der Waals surface area contributed by atoms with E-state index in [9.17, 15) is 19.5 Å². The van der Waals surface area contributed by atoms with Crippen LogP contribution >= 0.6 is 23.4 Å². The second-order valence-corrected chi connectivity index (χ2v) is 7.77. The van der Waals surface area contributed by atoms with Gasteiger partial charge in [0.25, 0.3) is 11.1 Å². The Labute approximate surface area is 160 Å². The lowest BCUT2D eigenvalue weighted by molar-refractivity contribution is -0.123. The Kier molecular flexibility index (Phi) is 6.13. The third-order valence-electron chi connectivity index (χ3n) is 4.32. The number of hydrogen-bond acceptors (Lipinski definition) is 6. The molecule has 2 heterocycles. The summed E-state index contributed by atoms with van der Waals surface area (Å²) < 4.78 is 0. The largest absolute Gasteiger partial charge is 0.390 e. The number of benzene rings is 1.